The first-order valence-electron chi connectivity index (χ1n) is 4.44. The van der Waals surface area contributed by atoms with Crippen LogP contribution in [0.25, 0.3) is 0 Å². The molecule has 2 aliphatic rings. The van der Waals surface area contributed by atoms with Gasteiger partial charge in [-0.25, -0.2) is 0 Å². The highest BCUT2D eigenvalue weighted by molar-refractivity contribution is 7.99. The number of hydrogen-bond donors (Lipinski definition) is 2. The first-order valence-corrected chi connectivity index (χ1v) is 5.59. The van der Waals surface area contributed by atoms with Gasteiger partial charge in [0.05, 0.1) is 0 Å². The Kier molecular flexibility index (Phi) is 2.39. The number of nitrogens with two attached hydrogens (primary N) is 1. The van der Waals surface area contributed by atoms with Crippen molar-refractivity contribution in [1.82, 2.24) is 5.32 Å². The second-order valence-electron chi connectivity index (χ2n) is 3.66. The van der Waals surface area contributed by atoms with Crippen LogP contribution in [0.1, 0.15) is 19.3 Å². The van der Waals surface area contributed by atoms with Gasteiger partial charge in [-0.05, 0) is 25.0 Å². The van der Waals surface area contributed by atoms with Crippen molar-refractivity contribution in [2.45, 2.75) is 37.4 Å². The van der Waals surface area contributed by atoms with E-state index >= 15 is 0 Å². The van der Waals surface area contributed by atoms with Crippen LogP contribution < -0.4 is 11.1 Å². The smallest absolute Gasteiger partial charge is 0.0168 e. The van der Waals surface area contributed by atoms with Crippen molar-refractivity contribution in [3.8, 4) is 0 Å². The monoisotopic (exact) mass is 172 g/mol. The summed E-state index contributed by atoms with van der Waals surface area (Å²) in [7, 11) is 0. The molecule has 1 aliphatic carbocycles. The predicted molar refractivity (Wildman–Crippen MR) is 49.9 cm³/mol. The van der Waals surface area contributed by atoms with Crippen LogP contribution in [-0.2, 0) is 0 Å². The van der Waals surface area contributed by atoms with Gasteiger partial charge in [0, 0.05) is 23.9 Å². The average Bonchev–Trinajstić information content (AvgIpc) is 2.36. The van der Waals surface area contributed by atoms with Gasteiger partial charge in [-0.2, -0.15) is 11.8 Å². The molecule has 11 heavy (non-hydrogen) atoms. The first-order chi connectivity index (χ1) is 5.34. The Morgan fingerprint density at radius 1 is 1.27 bits per heavy atom. The Bertz CT molecular complexity index is 128. The van der Waals surface area contributed by atoms with Gasteiger partial charge in [-0.3, -0.25) is 0 Å². The number of rotatable bonds is 2. The normalized spacial score (nSPS) is 43.9. The summed E-state index contributed by atoms with van der Waals surface area (Å²) in [4.78, 5) is 0. The summed E-state index contributed by atoms with van der Waals surface area (Å²) in [6, 6.07) is 2.02. The lowest BCUT2D eigenvalue weighted by Crippen LogP contribution is -2.51. The van der Waals surface area contributed by atoms with E-state index in [-0.39, 0.29) is 0 Å². The molecular weight excluding hydrogens is 156 g/mol. The van der Waals surface area contributed by atoms with Crippen molar-refractivity contribution in [2.24, 2.45) is 5.73 Å². The molecule has 1 saturated heterocycles. The fourth-order valence-corrected chi connectivity index (χ4v) is 2.96. The minimum absolute atomic E-state index is 0.488. The molecule has 0 amide bonds. The lowest BCUT2D eigenvalue weighted by Gasteiger charge is -2.35. The van der Waals surface area contributed by atoms with Crippen molar-refractivity contribution in [3.05, 3.63) is 0 Å². The lowest BCUT2D eigenvalue weighted by atomic mass is 9.87. The summed E-state index contributed by atoms with van der Waals surface area (Å²) >= 11 is 2.07. The molecule has 1 saturated carbocycles. The summed E-state index contributed by atoms with van der Waals surface area (Å²) in [5, 5.41) is 3.64. The molecule has 2 rings (SSSR count). The molecule has 1 heterocycles. The summed E-state index contributed by atoms with van der Waals surface area (Å²) in [5.74, 6) is 2.65. The van der Waals surface area contributed by atoms with Crippen LogP contribution >= 0.6 is 11.8 Å². The molecule has 1 aliphatic heterocycles. The molecule has 2 nitrogen and oxygen atoms in total. The van der Waals surface area contributed by atoms with Crippen molar-refractivity contribution < 1.29 is 0 Å². The minimum Gasteiger partial charge on any atom is -0.328 e. The van der Waals surface area contributed by atoms with E-state index in [1.165, 1.54) is 30.8 Å². The maximum absolute atomic E-state index is 5.70. The van der Waals surface area contributed by atoms with Gasteiger partial charge in [0.1, 0.15) is 0 Å². The van der Waals surface area contributed by atoms with Crippen LogP contribution in [0.5, 0.6) is 0 Å². The first kappa shape index (κ1) is 7.90. The van der Waals surface area contributed by atoms with Crippen molar-refractivity contribution in [1.29, 1.82) is 0 Å². The third-order valence-corrected chi connectivity index (χ3v) is 3.74. The van der Waals surface area contributed by atoms with Crippen LogP contribution in [0.2, 0.25) is 0 Å². The Balaban J connectivity index is 1.66. The fraction of sp³-hybridized carbons (Fsp3) is 1.00. The van der Waals surface area contributed by atoms with Crippen LogP contribution in [0, 0.1) is 0 Å². The van der Waals surface area contributed by atoms with E-state index in [1.807, 2.05) is 0 Å². The van der Waals surface area contributed by atoms with Gasteiger partial charge in [-0.15, -0.1) is 0 Å². The number of thioether (sulfide) groups is 1. The van der Waals surface area contributed by atoms with Crippen LogP contribution in [0.4, 0.5) is 0 Å². The predicted octanol–water partition coefficient (Wildman–Crippen LogP) is 0.571. The Morgan fingerprint density at radius 3 is 2.64 bits per heavy atom. The Morgan fingerprint density at radius 2 is 2.09 bits per heavy atom. The molecule has 0 aromatic rings. The van der Waals surface area contributed by atoms with Gasteiger partial charge in [0.15, 0.2) is 0 Å². The average molecular weight is 172 g/mol. The van der Waals surface area contributed by atoms with Crippen molar-refractivity contribution in [3.63, 3.8) is 0 Å². The summed E-state index contributed by atoms with van der Waals surface area (Å²) in [6.45, 7) is 0. The summed E-state index contributed by atoms with van der Waals surface area (Å²) < 4.78 is 0. The molecule has 64 valence electrons. The highest BCUT2D eigenvalue weighted by atomic mass is 32.2. The van der Waals surface area contributed by atoms with Crippen LogP contribution in [-0.4, -0.2) is 29.6 Å². The summed E-state index contributed by atoms with van der Waals surface area (Å²) in [5.41, 5.74) is 5.70. The number of hydrogen-bond acceptors (Lipinski definition) is 3. The van der Waals surface area contributed by atoms with E-state index in [4.69, 9.17) is 5.73 Å². The van der Waals surface area contributed by atoms with E-state index < -0.39 is 0 Å². The molecule has 1 unspecified atom stereocenters. The maximum atomic E-state index is 5.70. The van der Waals surface area contributed by atoms with Crippen molar-refractivity contribution in [2.75, 3.05) is 11.5 Å². The van der Waals surface area contributed by atoms with E-state index in [9.17, 15) is 0 Å². The molecule has 0 aromatic carbocycles. The Hall–Kier alpha value is 0.270. The van der Waals surface area contributed by atoms with Gasteiger partial charge in [-0.1, -0.05) is 0 Å². The molecular formula is C8H16N2S. The minimum atomic E-state index is 0.488. The molecule has 0 spiro atoms. The fourth-order valence-electron chi connectivity index (χ4n) is 1.80. The highest BCUT2D eigenvalue weighted by Crippen LogP contribution is 2.22. The highest BCUT2D eigenvalue weighted by Gasteiger charge is 2.28. The van der Waals surface area contributed by atoms with Crippen LogP contribution in [0.15, 0.2) is 0 Å². The van der Waals surface area contributed by atoms with Gasteiger partial charge in [0.2, 0.25) is 0 Å². The topological polar surface area (TPSA) is 38.0 Å². The van der Waals surface area contributed by atoms with E-state index in [0.717, 1.165) is 12.1 Å². The maximum Gasteiger partial charge on any atom is 0.0168 e. The second kappa shape index (κ2) is 3.33. The molecule has 0 bridgehead atoms. The van der Waals surface area contributed by atoms with Gasteiger partial charge >= 0.3 is 0 Å². The second-order valence-corrected chi connectivity index (χ2v) is 4.81. The van der Waals surface area contributed by atoms with Crippen molar-refractivity contribution >= 4 is 11.8 Å². The largest absolute Gasteiger partial charge is 0.328 e. The molecule has 0 aromatic heterocycles. The quantitative estimate of drug-likeness (QED) is 0.639. The molecule has 2 fully saturated rings. The Labute approximate surface area is 72.3 Å². The third kappa shape index (κ3) is 1.89. The zero-order chi connectivity index (χ0) is 7.68. The molecule has 3 heteroatoms. The van der Waals surface area contributed by atoms with E-state index in [2.05, 4.69) is 17.1 Å². The lowest BCUT2D eigenvalue weighted by molar-refractivity contribution is 0.272. The third-order valence-electron chi connectivity index (χ3n) is 2.58. The van der Waals surface area contributed by atoms with E-state index in [0.29, 0.717) is 6.04 Å². The zero-order valence-corrected chi connectivity index (χ0v) is 7.57. The molecule has 3 N–H and O–H groups in total. The molecule has 1 atom stereocenters. The zero-order valence-electron chi connectivity index (χ0n) is 6.75. The summed E-state index contributed by atoms with van der Waals surface area (Å²) in [6.07, 6.45) is 3.75. The van der Waals surface area contributed by atoms with Gasteiger partial charge < -0.3 is 11.1 Å². The van der Waals surface area contributed by atoms with Gasteiger partial charge in [0.25, 0.3) is 0 Å². The standard InChI is InChI=1S/C8H16N2S/c9-6-3-8(4-6)10-7-1-2-11-5-7/h6-8,10H,1-5,9H2. The number of nitrogens with one attached hydrogen (secondary N) is 1. The SMILES string of the molecule is NC1CC(NC2CCSC2)C1. The molecule has 0 radical (unpaired) electrons. The van der Waals surface area contributed by atoms with Crippen LogP contribution in [0.3, 0.4) is 0 Å². The van der Waals surface area contributed by atoms with E-state index in [1.54, 1.807) is 0 Å².